The van der Waals surface area contributed by atoms with Gasteiger partial charge in [0.15, 0.2) is 0 Å². The summed E-state index contributed by atoms with van der Waals surface area (Å²) < 4.78 is 0. The van der Waals surface area contributed by atoms with Crippen molar-refractivity contribution in [2.45, 2.75) is 82.5 Å². The van der Waals surface area contributed by atoms with Gasteiger partial charge in [-0.25, -0.2) is 4.98 Å². The fourth-order valence-corrected chi connectivity index (χ4v) is 6.71. The van der Waals surface area contributed by atoms with Crippen molar-refractivity contribution in [3.63, 3.8) is 0 Å². The van der Waals surface area contributed by atoms with Gasteiger partial charge in [0.05, 0.1) is 0 Å². The monoisotopic (exact) mass is 708 g/mol. The molecule has 3 N–H and O–H groups in total. The second-order valence-electron chi connectivity index (χ2n) is 13.6. The van der Waals surface area contributed by atoms with E-state index in [1.807, 2.05) is 97.1 Å². The molecule has 4 aromatic carbocycles. The van der Waals surface area contributed by atoms with Crippen molar-refractivity contribution in [2.75, 3.05) is 17.2 Å². The molecule has 0 spiro atoms. The summed E-state index contributed by atoms with van der Waals surface area (Å²) in [5, 5.41) is 8.93. The molecule has 5 aromatic rings. The number of amides is 3. The summed E-state index contributed by atoms with van der Waals surface area (Å²) >= 11 is 0. The lowest BCUT2D eigenvalue weighted by atomic mass is 9.88. The first-order valence-corrected chi connectivity index (χ1v) is 19.1. The third kappa shape index (κ3) is 13.5. The molecule has 0 aliphatic carbocycles. The van der Waals surface area contributed by atoms with Gasteiger partial charge in [0.1, 0.15) is 11.6 Å². The van der Waals surface area contributed by atoms with E-state index in [1.165, 1.54) is 0 Å². The number of nitrogens with zero attached hydrogens (tertiary/aromatic N) is 1. The summed E-state index contributed by atoms with van der Waals surface area (Å²) in [6, 6.07) is 45.8. The minimum Gasteiger partial charge on any atom is -0.356 e. The molecule has 53 heavy (non-hydrogen) atoms. The van der Waals surface area contributed by atoms with E-state index in [4.69, 9.17) is 0 Å². The zero-order chi connectivity index (χ0) is 36.9. The molecule has 7 heteroatoms. The van der Waals surface area contributed by atoms with E-state index >= 15 is 0 Å². The number of carbonyl (C=O) groups is 3. The number of anilines is 2. The summed E-state index contributed by atoms with van der Waals surface area (Å²) in [5.41, 5.74) is 4.47. The number of pyridine rings is 1. The zero-order valence-corrected chi connectivity index (χ0v) is 30.6. The molecule has 0 aliphatic rings. The predicted molar refractivity (Wildman–Crippen MR) is 215 cm³/mol. The highest BCUT2D eigenvalue weighted by Crippen LogP contribution is 2.29. The van der Waals surface area contributed by atoms with Crippen molar-refractivity contribution in [2.24, 2.45) is 0 Å². The smallest absolute Gasteiger partial charge is 0.226 e. The van der Waals surface area contributed by atoms with Gasteiger partial charge in [-0.2, -0.15) is 0 Å². The van der Waals surface area contributed by atoms with Crippen LogP contribution in [0.15, 0.2) is 140 Å². The number of rotatable bonds is 21. The number of benzene rings is 4. The SMILES string of the molecule is O=C(CC(c1ccccc1)c1ccccc1)NCCCCCCCCCCC(=O)Nc1cccc(NC(=O)CC(c2ccccc2)c2ccccc2)n1. The molecule has 1 aromatic heterocycles. The van der Waals surface area contributed by atoms with Crippen molar-refractivity contribution >= 4 is 29.4 Å². The lowest BCUT2D eigenvalue weighted by Crippen LogP contribution is -2.26. The molecule has 0 saturated carbocycles. The highest BCUT2D eigenvalue weighted by atomic mass is 16.2. The fraction of sp³-hybridized carbons (Fsp3) is 0.304. The van der Waals surface area contributed by atoms with E-state index in [1.54, 1.807) is 18.2 Å². The van der Waals surface area contributed by atoms with Crippen LogP contribution in [-0.4, -0.2) is 29.3 Å². The largest absolute Gasteiger partial charge is 0.356 e. The van der Waals surface area contributed by atoms with Crippen LogP contribution in [0.25, 0.3) is 0 Å². The normalized spacial score (nSPS) is 11.0. The van der Waals surface area contributed by atoms with E-state index < -0.39 is 0 Å². The van der Waals surface area contributed by atoms with Gasteiger partial charge in [-0.1, -0.05) is 166 Å². The first-order chi connectivity index (χ1) is 26.0. The first-order valence-electron chi connectivity index (χ1n) is 19.1. The van der Waals surface area contributed by atoms with Gasteiger partial charge in [0, 0.05) is 37.6 Å². The average Bonchev–Trinajstić information content (AvgIpc) is 3.19. The van der Waals surface area contributed by atoms with Gasteiger partial charge in [0.25, 0.3) is 0 Å². The van der Waals surface area contributed by atoms with Crippen LogP contribution in [0.1, 0.15) is 105 Å². The van der Waals surface area contributed by atoms with Crippen LogP contribution in [0, 0.1) is 0 Å². The molecule has 0 unspecified atom stereocenters. The summed E-state index contributed by atoms with van der Waals surface area (Å²) in [6.07, 6.45) is 9.58. The molecular weight excluding hydrogens is 657 g/mol. The maximum atomic E-state index is 13.1. The Bertz CT molecular complexity index is 1740. The molecule has 0 radical (unpaired) electrons. The van der Waals surface area contributed by atoms with E-state index in [0.717, 1.165) is 73.6 Å². The van der Waals surface area contributed by atoms with E-state index in [9.17, 15) is 14.4 Å². The molecule has 7 nitrogen and oxygen atoms in total. The molecule has 0 aliphatic heterocycles. The van der Waals surface area contributed by atoms with Crippen LogP contribution < -0.4 is 16.0 Å². The molecule has 0 atom stereocenters. The second kappa shape index (κ2) is 21.7. The number of carbonyl (C=O) groups excluding carboxylic acids is 3. The van der Waals surface area contributed by atoms with Gasteiger partial charge in [-0.05, 0) is 47.2 Å². The van der Waals surface area contributed by atoms with Crippen molar-refractivity contribution in [1.82, 2.24) is 10.3 Å². The number of aromatic nitrogens is 1. The van der Waals surface area contributed by atoms with Gasteiger partial charge in [-0.3, -0.25) is 14.4 Å². The maximum absolute atomic E-state index is 13.1. The molecule has 3 amide bonds. The fourth-order valence-electron chi connectivity index (χ4n) is 6.71. The van der Waals surface area contributed by atoms with Gasteiger partial charge in [0.2, 0.25) is 17.7 Å². The summed E-state index contributed by atoms with van der Waals surface area (Å²) in [4.78, 5) is 43.0. The van der Waals surface area contributed by atoms with Gasteiger partial charge < -0.3 is 16.0 Å². The Balaban J connectivity index is 0.917. The topological polar surface area (TPSA) is 100 Å². The van der Waals surface area contributed by atoms with E-state index in [-0.39, 0.29) is 36.0 Å². The zero-order valence-electron chi connectivity index (χ0n) is 30.6. The minimum absolute atomic E-state index is 0.0513. The Morgan fingerprint density at radius 2 is 0.792 bits per heavy atom. The Hall–Kier alpha value is -5.56. The minimum atomic E-state index is -0.141. The summed E-state index contributed by atoms with van der Waals surface area (Å²) in [7, 11) is 0. The molecule has 274 valence electrons. The van der Waals surface area contributed by atoms with Crippen LogP contribution in [0.2, 0.25) is 0 Å². The number of unbranched alkanes of at least 4 members (excludes halogenated alkanes) is 7. The van der Waals surface area contributed by atoms with Crippen LogP contribution in [-0.2, 0) is 14.4 Å². The Morgan fingerprint density at radius 1 is 0.415 bits per heavy atom. The highest BCUT2D eigenvalue weighted by molar-refractivity contribution is 5.92. The lowest BCUT2D eigenvalue weighted by Gasteiger charge is -2.18. The Kier molecular flexibility index (Phi) is 15.8. The molecule has 5 rings (SSSR count). The highest BCUT2D eigenvalue weighted by Gasteiger charge is 2.19. The van der Waals surface area contributed by atoms with E-state index in [2.05, 4.69) is 45.2 Å². The standard InChI is InChI=1S/C46H52N4O3/c51-44(49-42-30-21-31-43(48-42)50-46(53)35-41(38-26-15-9-16-27-38)39-28-17-10-18-29-39)32-19-5-3-1-2-4-6-20-33-47-45(52)34-40(36-22-11-7-12-23-36)37-24-13-8-14-25-37/h7-18,21-31,40-41H,1-6,19-20,32-35H2,(H,47,52)(H2,48,49,50,51,53). The van der Waals surface area contributed by atoms with Crippen molar-refractivity contribution < 1.29 is 14.4 Å². The third-order valence-electron chi connectivity index (χ3n) is 9.52. The summed E-state index contributed by atoms with van der Waals surface area (Å²) in [5.74, 6) is 0.689. The average molecular weight is 709 g/mol. The van der Waals surface area contributed by atoms with Crippen LogP contribution >= 0.6 is 0 Å². The molecule has 0 fully saturated rings. The van der Waals surface area contributed by atoms with E-state index in [0.29, 0.717) is 31.0 Å². The van der Waals surface area contributed by atoms with Gasteiger partial charge in [-0.15, -0.1) is 0 Å². The first kappa shape index (κ1) is 38.7. The van der Waals surface area contributed by atoms with Crippen LogP contribution in [0.3, 0.4) is 0 Å². The van der Waals surface area contributed by atoms with Crippen molar-refractivity contribution in [3.8, 4) is 0 Å². The van der Waals surface area contributed by atoms with Crippen molar-refractivity contribution in [1.29, 1.82) is 0 Å². The third-order valence-corrected chi connectivity index (χ3v) is 9.52. The molecule has 1 heterocycles. The number of hydrogen-bond donors (Lipinski definition) is 3. The van der Waals surface area contributed by atoms with Crippen LogP contribution in [0.5, 0.6) is 0 Å². The molecule has 0 saturated heterocycles. The maximum Gasteiger partial charge on any atom is 0.226 e. The Morgan fingerprint density at radius 3 is 1.25 bits per heavy atom. The number of nitrogens with one attached hydrogen (secondary N) is 3. The molecular formula is C46H52N4O3. The number of hydrogen-bond acceptors (Lipinski definition) is 4. The van der Waals surface area contributed by atoms with Gasteiger partial charge >= 0.3 is 0 Å². The lowest BCUT2D eigenvalue weighted by molar-refractivity contribution is -0.121. The quantitative estimate of drug-likeness (QED) is 0.0661. The van der Waals surface area contributed by atoms with Crippen LogP contribution in [0.4, 0.5) is 11.6 Å². The Labute approximate surface area is 314 Å². The second-order valence-corrected chi connectivity index (χ2v) is 13.6. The summed E-state index contributed by atoms with van der Waals surface area (Å²) in [6.45, 7) is 0.706. The molecule has 0 bridgehead atoms. The van der Waals surface area contributed by atoms with Crippen molar-refractivity contribution in [3.05, 3.63) is 162 Å². The predicted octanol–water partition coefficient (Wildman–Crippen LogP) is 10.0.